The average molecular weight is 206 g/mol. The highest BCUT2D eigenvalue weighted by Crippen LogP contribution is 2.37. The highest BCUT2D eigenvalue weighted by molar-refractivity contribution is 5.62. The van der Waals surface area contributed by atoms with Crippen LogP contribution in [0.4, 0.5) is 5.69 Å². The number of nitrogens with two attached hydrogens (primary N) is 1. The summed E-state index contributed by atoms with van der Waals surface area (Å²) in [6, 6.07) is 6.45. The Hall–Kier alpha value is -1.06. The number of nitrogens with zero attached hydrogens (tertiary/aromatic N) is 1. The molecule has 0 saturated heterocycles. The van der Waals surface area contributed by atoms with Crippen molar-refractivity contribution in [2.75, 3.05) is 24.6 Å². The van der Waals surface area contributed by atoms with Crippen LogP contribution < -0.4 is 10.8 Å². The number of anilines is 1. The molecule has 1 aliphatic rings. The fourth-order valence-electron chi connectivity index (χ4n) is 2.48. The van der Waals surface area contributed by atoms with Gasteiger partial charge in [0.2, 0.25) is 0 Å². The predicted molar refractivity (Wildman–Crippen MR) is 61.9 cm³/mol. The Labute approximate surface area is 90.8 Å². The van der Waals surface area contributed by atoms with Crippen LogP contribution in [0.1, 0.15) is 24.0 Å². The van der Waals surface area contributed by atoms with Gasteiger partial charge in [-0.2, -0.15) is 0 Å². The zero-order valence-electron chi connectivity index (χ0n) is 9.36. The van der Waals surface area contributed by atoms with Crippen molar-refractivity contribution in [2.45, 2.75) is 19.8 Å². The lowest BCUT2D eigenvalue weighted by molar-refractivity contribution is 0.126. The molecule has 2 N–H and O–H groups in total. The van der Waals surface area contributed by atoms with Gasteiger partial charge >= 0.3 is 0 Å². The SMILES string of the molecule is CCN1CC(CON)c2c(C)cccc21. The van der Waals surface area contributed by atoms with E-state index in [9.17, 15) is 0 Å². The molecule has 2 rings (SSSR count). The Morgan fingerprint density at radius 2 is 2.33 bits per heavy atom. The average Bonchev–Trinajstić information content (AvgIpc) is 2.59. The molecule has 0 fully saturated rings. The molecule has 1 aromatic carbocycles. The molecule has 0 radical (unpaired) electrons. The minimum absolute atomic E-state index is 0.422. The molecule has 82 valence electrons. The molecule has 0 bridgehead atoms. The van der Waals surface area contributed by atoms with Crippen molar-refractivity contribution < 1.29 is 4.84 Å². The minimum Gasteiger partial charge on any atom is -0.371 e. The molecule has 0 amide bonds. The van der Waals surface area contributed by atoms with Gasteiger partial charge in [-0.1, -0.05) is 12.1 Å². The maximum Gasteiger partial charge on any atom is 0.0765 e. The second kappa shape index (κ2) is 4.21. The second-order valence-electron chi connectivity index (χ2n) is 4.08. The number of hydrogen-bond acceptors (Lipinski definition) is 3. The van der Waals surface area contributed by atoms with E-state index < -0.39 is 0 Å². The highest BCUT2D eigenvalue weighted by atomic mass is 16.6. The Morgan fingerprint density at radius 3 is 3.00 bits per heavy atom. The number of rotatable bonds is 3. The lowest BCUT2D eigenvalue weighted by Crippen LogP contribution is -2.23. The maximum atomic E-state index is 5.18. The van der Waals surface area contributed by atoms with Gasteiger partial charge in [-0.15, -0.1) is 0 Å². The number of likely N-dealkylation sites (N-methyl/N-ethyl adjacent to an activating group) is 1. The molecule has 0 saturated carbocycles. The van der Waals surface area contributed by atoms with Crippen LogP contribution in [0.5, 0.6) is 0 Å². The van der Waals surface area contributed by atoms with Gasteiger partial charge in [0.15, 0.2) is 0 Å². The van der Waals surface area contributed by atoms with Crippen LogP contribution in [0.25, 0.3) is 0 Å². The summed E-state index contributed by atoms with van der Waals surface area (Å²) in [5, 5.41) is 0. The molecule has 15 heavy (non-hydrogen) atoms. The van der Waals surface area contributed by atoms with E-state index in [-0.39, 0.29) is 0 Å². The Balaban J connectivity index is 2.39. The van der Waals surface area contributed by atoms with Crippen molar-refractivity contribution in [1.82, 2.24) is 0 Å². The minimum atomic E-state index is 0.422. The molecule has 1 aliphatic heterocycles. The molecular formula is C12H18N2O. The summed E-state index contributed by atoms with van der Waals surface area (Å²) >= 11 is 0. The van der Waals surface area contributed by atoms with E-state index in [1.165, 1.54) is 16.8 Å². The van der Waals surface area contributed by atoms with Crippen LogP contribution >= 0.6 is 0 Å². The number of hydrogen-bond donors (Lipinski definition) is 1. The standard InChI is InChI=1S/C12H18N2O/c1-3-14-7-10(8-15-13)12-9(2)5-4-6-11(12)14/h4-6,10H,3,7-8,13H2,1-2H3. The van der Waals surface area contributed by atoms with Crippen molar-refractivity contribution in [3.8, 4) is 0 Å². The molecule has 1 aromatic rings. The quantitative estimate of drug-likeness (QED) is 0.766. The summed E-state index contributed by atoms with van der Waals surface area (Å²) in [4.78, 5) is 7.18. The highest BCUT2D eigenvalue weighted by Gasteiger charge is 2.28. The maximum absolute atomic E-state index is 5.18. The molecule has 3 heteroatoms. The summed E-state index contributed by atoms with van der Waals surface area (Å²) in [6.45, 7) is 7.00. The Morgan fingerprint density at radius 1 is 1.53 bits per heavy atom. The summed E-state index contributed by atoms with van der Waals surface area (Å²) in [5.41, 5.74) is 4.09. The predicted octanol–water partition coefficient (Wildman–Crippen LogP) is 1.81. The van der Waals surface area contributed by atoms with Crippen molar-refractivity contribution in [3.63, 3.8) is 0 Å². The van der Waals surface area contributed by atoms with E-state index in [4.69, 9.17) is 10.7 Å². The van der Waals surface area contributed by atoms with E-state index >= 15 is 0 Å². The van der Waals surface area contributed by atoms with E-state index in [2.05, 4.69) is 36.9 Å². The zero-order chi connectivity index (χ0) is 10.8. The second-order valence-corrected chi connectivity index (χ2v) is 4.08. The monoisotopic (exact) mass is 206 g/mol. The van der Waals surface area contributed by atoms with Gasteiger partial charge in [-0.25, -0.2) is 5.90 Å². The molecule has 0 aromatic heterocycles. The molecule has 0 spiro atoms. The zero-order valence-corrected chi connectivity index (χ0v) is 9.36. The summed E-state index contributed by atoms with van der Waals surface area (Å²) < 4.78 is 0. The van der Waals surface area contributed by atoms with Gasteiger partial charge in [0.25, 0.3) is 0 Å². The third-order valence-electron chi connectivity index (χ3n) is 3.17. The van der Waals surface area contributed by atoms with Crippen molar-refractivity contribution in [1.29, 1.82) is 0 Å². The third kappa shape index (κ3) is 1.73. The first-order valence-electron chi connectivity index (χ1n) is 5.44. The fraction of sp³-hybridized carbons (Fsp3) is 0.500. The lowest BCUT2D eigenvalue weighted by Gasteiger charge is -2.16. The van der Waals surface area contributed by atoms with Crippen molar-refractivity contribution in [2.24, 2.45) is 5.90 Å². The van der Waals surface area contributed by atoms with Gasteiger partial charge in [-0.05, 0) is 31.0 Å². The largest absolute Gasteiger partial charge is 0.371 e. The van der Waals surface area contributed by atoms with Crippen LogP contribution in [-0.4, -0.2) is 19.7 Å². The normalized spacial score (nSPS) is 19.4. The van der Waals surface area contributed by atoms with Crippen LogP contribution in [-0.2, 0) is 4.84 Å². The summed E-state index contributed by atoms with van der Waals surface area (Å²) in [5.74, 6) is 5.61. The van der Waals surface area contributed by atoms with E-state index in [1.54, 1.807) is 0 Å². The first kappa shape index (κ1) is 10.5. The molecular weight excluding hydrogens is 188 g/mol. The van der Waals surface area contributed by atoms with Crippen molar-refractivity contribution >= 4 is 5.69 Å². The number of aryl methyl sites for hydroxylation is 1. The number of fused-ring (bicyclic) bond motifs is 1. The van der Waals surface area contributed by atoms with E-state index in [0.29, 0.717) is 12.5 Å². The summed E-state index contributed by atoms with van der Waals surface area (Å²) in [7, 11) is 0. The van der Waals surface area contributed by atoms with Crippen LogP contribution in [0.2, 0.25) is 0 Å². The topological polar surface area (TPSA) is 38.5 Å². The molecule has 1 unspecified atom stereocenters. The molecule has 0 aliphatic carbocycles. The Kier molecular flexibility index (Phi) is 2.93. The summed E-state index contributed by atoms with van der Waals surface area (Å²) in [6.07, 6.45) is 0. The first-order chi connectivity index (χ1) is 7.27. The lowest BCUT2D eigenvalue weighted by atomic mass is 9.97. The molecule has 3 nitrogen and oxygen atoms in total. The first-order valence-corrected chi connectivity index (χ1v) is 5.44. The van der Waals surface area contributed by atoms with E-state index in [1.807, 2.05) is 0 Å². The van der Waals surface area contributed by atoms with Gasteiger partial charge in [0, 0.05) is 24.7 Å². The van der Waals surface area contributed by atoms with Gasteiger partial charge in [-0.3, -0.25) is 0 Å². The van der Waals surface area contributed by atoms with Gasteiger partial charge < -0.3 is 9.74 Å². The fourth-order valence-corrected chi connectivity index (χ4v) is 2.48. The number of benzene rings is 1. The molecule has 1 heterocycles. The van der Waals surface area contributed by atoms with Crippen LogP contribution in [0.3, 0.4) is 0 Å². The van der Waals surface area contributed by atoms with Gasteiger partial charge in [0.1, 0.15) is 0 Å². The van der Waals surface area contributed by atoms with Crippen molar-refractivity contribution in [3.05, 3.63) is 29.3 Å². The van der Waals surface area contributed by atoms with Crippen LogP contribution in [0.15, 0.2) is 18.2 Å². The smallest absolute Gasteiger partial charge is 0.0765 e. The third-order valence-corrected chi connectivity index (χ3v) is 3.17. The Bertz CT molecular complexity index is 351. The van der Waals surface area contributed by atoms with Gasteiger partial charge in [0.05, 0.1) is 6.61 Å². The van der Waals surface area contributed by atoms with Crippen LogP contribution in [0, 0.1) is 6.92 Å². The molecule has 1 atom stereocenters. The van der Waals surface area contributed by atoms with E-state index in [0.717, 1.165) is 13.1 Å².